The Morgan fingerprint density at radius 1 is 1.08 bits per heavy atom. The van der Waals surface area contributed by atoms with Crippen molar-refractivity contribution >= 4 is 62.2 Å². The van der Waals surface area contributed by atoms with Crippen LogP contribution in [-0.2, 0) is 16.2 Å². The minimum atomic E-state index is -1.20. The summed E-state index contributed by atoms with van der Waals surface area (Å²) in [7, 11) is 0. The summed E-state index contributed by atoms with van der Waals surface area (Å²) in [5.74, 6) is -0.473. The molecule has 9 heteroatoms. The number of thioether (sulfide) groups is 1. The van der Waals surface area contributed by atoms with Crippen molar-refractivity contribution in [2.24, 2.45) is 0 Å². The molecule has 1 aliphatic rings. The highest BCUT2D eigenvalue weighted by Crippen LogP contribution is 2.39. The molecule has 3 aromatic rings. The van der Waals surface area contributed by atoms with Crippen molar-refractivity contribution in [1.29, 1.82) is 0 Å². The van der Waals surface area contributed by atoms with Crippen LogP contribution in [0.3, 0.4) is 0 Å². The van der Waals surface area contributed by atoms with Gasteiger partial charge >= 0.3 is 5.97 Å². The van der Waals surface area contributed by atoms with Crippen molar-refractivity contribution in [2.45, 2.75) is 19.6 Å². The van der Waals surface area contributed by atoms with Crippen LogP contribution in [0.1, 0.15) is 29.7 Å². The second kappa shape index (κ2) is 11.7. The topological polar surface area (TPSA) is 76.1 Å². The average molecular weight is 585 g/mol. The Bertz CT molecular complexity index is 1330. The number of carboxylic acid groups (broad SMARTS) is 1. The maximum atomic E-state index is 13.2. The number of nitrogens with zero attached hydrogens (tertiary/aromatic N) is 1. The number of ether oxygens (including phenoxy) is 2. The molecular formula is C27H22BrNO5S2. The molecule has 1 saturated heterocycles. The largest absolute Gasteiger partial charge is 0.490 e. The monoisotopic (exact) mass is 583 g/mol. The van der Waals surface area contributed by atoms with Crippen molar-refractivity contribution in [3.8, 4) is 11.5 Å². The Morgan fingerprint density at radius 3 is 2.56 bits per heavy atom. The number of carbonyl (C=O) groups is 2. The van der Waals surface area contributed by atoms with Gasteiger partial charge in [-0.1, -0.05) is 88.4 Å². The molecule has 184 valence electrons. The third-order valence-electron chi connectivity index (χ3n) is 5.28. The van der Waals surface area contributed by atoms with Crippen LogP contribution >= 0.6 is 39.9 Å². The van der Waals surface area contributed by atoms with Crippen LogP contribution in [0, 0.1) is 0 Å². The van der Waals surface area contributed by atoms with E-state index in [0.29, 0.717) is 40.7 Å². The number of aliphatic carboxylic acids is 1. The fourth-order valence-corrected chi connectivity index (χ4v) is 5.44. The highest BCUT2D eigenvalue weighted by Gasteiger charge is 2.41. The van der Waals surface area contributed by atoms with E-state index in [1.54, 1.807) is 48.5 Å². The molecule has 0 aliphatic carbocycles. The minimum absolute atomic E-state index is 0.196. The number of hydrogen-bond donors (Lipinski definition) is 1. The van der Waals surface area contributed by atoms with E-state index in [-0.39, 0.29) is 4.32 Å². The SMILES string of the molecule is CCOc1cc(/C=C2/SC(=S)N(C(C(=O)O)c3ccccc3)C2=O)ccc1OCc1cccc(Br)c1. The quantitative estimate of drug-likeness (QED) is 0.229. The van der Waals surface area contributed by atoms with Crippen LogP contribution in [0.2, 0.25) is 0 Å². The van der Waals surface area contributed by atoms with E-state index in [1.165, 1.54) is 0 Å². The van der Waals surface area contributed by atoms with Crippen LogP contribution in [0.5, 0.6) is 11.5 Å². The van der Waals surface area contributed by atoms with E-state index in [0.717, 1.165) is 26.7 Å². The van der Waals surface area contributed by atoms with Gasteiger partial charge in [0.05, 0.1) is 11.5 Å². The van der Waals surface area contributed by atoms with Crippen LogP contribution in [-0.4, -0.2) is 32.8 Å². The number of benzene rings is 3. The fourth-order valence-electron chi connectivity index (χ4n) is 3.68. The maximum Gasteiger partial charge on any atom is 0.331 e. The van der Waals surface area contributed by atoms with Crippen molar-refractivity contribution in [1.82, 2.24) is 4.90 Å². The zero-order valence-corrected chi connectivity index (χ0v) is 22.4. The smallest absolute Gasteiger partial charge is 0.331 e. The van der Waals surface area contributed by atoms with Gasteiger partial charge in [-0.05, 0) is 54.0 Å². The molecule has 1 aliphatic heterocycles. The summed E-state index contributed by atoms with van der Waals surface area (Å²) in [6, 6.07) is 20.6. The lowest BCUT2D eigenvalue weighted by Crippen LogP contribution is -2.37. The molecule has 1 fully saturated rings. The standard InChI is InChI=1S/C27H22BrNO5S2/c1-2-33-22-14-17(11-12-21(22)34-16-18-7-6-10-20(28)13-18)15-23-25(30)29(27(35)36-23)24(26(31)32)19-8-4-3-5-9-19/h3-15,24H,2,16H2,1H3,(H,31,32)/b23-15+. The summed E-state index contributed by atoms with van der Waals surface area (Å²) in [6.07, 6.45) is 1.68. The average Bonchev–Trinajstić information content (AvgIpc) is 3.12. The van der Waals surface area contributed by atoms with Gasteiger partial charge in [0.15, 0.2) is 17.5 Å². The first-order valence-electron chi connectivity index (χ1n) is 11.1. The van der Waals surface area contributed by atoms with Gasteiger partial charge in [0, 0.05) is 4.47 Å². The van der Waals surface area contributed by atoms with Gasteiger partial charge in [-0.15, -0.1) is 0 Å². The van der Waals surface area contributed by atoms with Gasteiger partial charge < -0.3 is 14.6 Å². The number of carboxylic acids is 1. The summed E-state index contributed by atoms with van der Waals surface area (Å²) in [5, 5.41) is 9.86. The molecule has 0 radical (unpaired) electrons. The first-order chi connectivity index (χ1) is 17.4. The summed E-state index contributed by atoms with van der Waals surface area (Å²) in [4.78, 5) is 26.8. The predicted octanol–water partition coefficient (Wildman–Crippen LogP) is 6.45. The van der Waals surface area contributed by atoms with Crippen LogP contribution in [0.15, 0.2) is 82.2 Å². The zero-order valence-electron chi connectivity index (χ0n) is 19.2. The van der Waals surface area contributed by atoms with Crippen molar-refractivity contribution < 1.29 is 24.2 Å². The zero-order chi connectivity index (χ0) is 25.7. The molecule has 36 heavy (non-hydrogen) atoms. The number of carbonyl (C=O) groups excluding carboxylic acids is 1. The first-order valence-corrected chi connectivity index (χ1v) is 13.1. The van der Waals surface area contributed by atoms with Crippen molar-refractivity contribution in [2.75, 3.05) is 6.61 Å². The minimum Gasteiger partial charge on any atom is -0.490 e. The molecule has 1 N–H and O–H groups in total. The highest BCUT2D eigenvalue weighted by molar-refractivity contribution is 9.10. The van der Waals surface area contributed by atoms with Gasteiger partial charge in [-0.3, -0.25) is 9.69 Å². The van der Waals surface area contributed by atoms with Crippen molar-refractivity contribution in [3.63, 3.8) is 0 Å². The predicted molar refractivity (Wildman–Crippen MR) is 148 cm³/mol. The van der Waals surface area contributed by atoms with Gasteiger partial charge in [0.1, 0.15) is 10.9 Å². The first kappa shape index (κ1) is 25.9. The second-order valence-corrected chi connectivity index (χ2v) is 10.4. The Labute approximate surface area is 227 Å². The number of hydrogen-bond acceptors (Lipinski definition) is 6. The Kier molecular flexibility index (Phi) is 8.45. The van der Waals surface area contributed by atoms with Crippen LogP contribution in [0.25, 0.3) is 6.08 Å². The molecule has 0 saturated carbocycles. The van der Waals surface area contributed by atoms with Gasteiger partial charge in [-0.25, -0.2) is 4.79 Å². The molecule has 1 unspecified atom stereocenters. The van der Waals surface area contributed by atoms with Crippen LogP contribution in [0.4, 0.5) is 0 Å². The van der Waals surface area contributed by atoms with E-state index in [1.807, 2.05) is 37.3 Å². The number of rotatable bonds is 9. The summed E-state index contributed by atoms with van der Waals surface area (Å²) in [6.45, 7) is 2.69. The van der Waals surface area contributed by atoms with E-state index in [9.17, 15) is 14.7 Å². The summed E-state index contributed by atoms with van der Waals surface area (Å²) >= 11 is 9.94. The molecule has 1 heterocycles. The third-order valence-corrected chi connectivity index (χ3v) is 7.10. The Balaban J connectivity index is 1.57. The number of amides is 1. The highest BCUT2D eigenvalue weighted by atomic mass is 79.9. The molecule has 0 spiro atoms. The second-order valence-electron chi connectivity index (χ2n) is 7.76. The maximum absolute atomic E-state index is 13.2. The van der Waals surface area contributed by atoms with E-state index in [4.69, 9.17) is 21.7 Å². The lowest BCUT2D eigenvalue weighted by molar-refractivity contribution is -0.145. The van der Waals surface area contributed by atoms with Gasteiger partial charge in [-0.2, -0.15) is 0 Å². The number of thiocarbonyl (C=S) groups is 1. The molecular weight excluding hydrogens is 562 g/mol. The Hall–Kier alpha value is -3.14. The van der Waals surface area contributed by atoms with E-state index in [2.05, 4.69) is 15.9 Å². The fraction of sp³-hybridized carbons (Fsp3) is 0.148. The van der Waals surface area contributed by atoms with E-state index >= 15 is 0 Å². The third kappa shape index (κ3) is 5.98. The molecule has 0 aromatic heterocycles. The molecule has 3 aromatic carbocycles. The molecule has 6 nitrogen and oxygen atoms in total. The van der Waals surface area contributed by atoms with E-state index < -0.39 is 17.9 Å². The normalized spacial score (nSPS) is 15.3. The van der Waals surface area contributed by atoms with Gasteiger partial charge in [0.2, 0.25) is 0 Å². The Morgan fingerprint density at radius 2 is 1.86 bits per heavy atom. The lowest BCUT2D eigenvalue weighted by Gasteiger charge is -2.23. The molecule has 4 rings (SSSR count). The molecule has 1 amide bonds. The molecule has 1 atom stereocenters. The lowest BCUT2D eigenvalue weighted by atomic mass is 10.1. The van der Waals surface area contributed by atoms with Gasteiger partial charge in [0.25, 0.3) is 5.91 Å². The number of halogens is 1. The molecule has 0 bridgehead atoms. The van der Waals surface area contributed by atoms with Crippen LogP contribution < -0.4 is 9.47 Å². The summed E-state index contributed by atoms with van der Waals surface area (Å²) < 4.78 is 12.9. The van der Waals surface area contributed by atoms with Crippen molar-refractivity contribution in [3.05, 3.63) is 98.9 Å². The summed E-state index contributed by atoms with van der Waals surface area (Å²) in [5.41, 5.74) is 2.19.